The van der Waals surface area contributed by atoms with Crippen molar-refractivity contribution in [3.8, 4) is 0 Å². The molecule has 90 valence electrons. The minimum Gasteiger partial charge on any atom is -0.623 e. The summed E-state index contributed by atoms with van der Waals surface area (Å²) in [6.45, 7) is 7.59. The van der Waals surface area contributed by atoms with E-state index in [1.54, 1.807) is 0 Å². The highest BCUT2D eigenvalue weighted by atomic mass is 16.5. The average molecular weight is 224 g/mol. The molecule has 0 radical (unpaired) electrons. The van der Waals surface area contributed by atoms with Crippen molar-refractivity contribution in [2.24, 2.45) is 0 Å². The maximum atomic E-state index is 12.2. The van der Waals surface area contributed by atoms with E-state index < -0.39 is 11.1 Å². The fourth-order valence-corrected chi connectivity index (χ4v) is 3.07. The quantitative estimate of drug-likeness (QED) is 0.505. The Morgan fingerprint density at radius 3 is 1.38 bits per heavy atom. The molecule has 4 heteroatoms. The van der Waals surface area contributed by atoms with Gasteiger partial charge in [0.2, 0.25) is 11.1 Å². The summed E-state index contributed by atoms with van der Waals surface area (Å²) in [6.07, 6.45) is 3.18. The van der Waals surface area contributed by atoms with Gasteiger partial charge in [-0.2, -0.15) is 0 Å². The maximum absolute atomic E-state index is 12.2. The van der Waals surface area contributed by atoms with Gasteiger partial charge in [0.1, 0.15) is 0 Å². The zero-order valence-electron chi connectivity index (χ0n) is 10.5. The van der Waals surface area contributed by atoms with Crippen molar-refractivity contribution in [3.05, 3.63) is 10.4 Å². The van der Waals surface area contributed by atoms with Gasteiger partial charge in [-0.1, -0.05) is 0 Å². The van der Waals surface area contributed by atoms with E-state index in [-0.39, 0.29) is 0 Å². The van der Waals surface area contributed by atoms with E-state index in [1.165, 1.54) is 0 Å². The van der Waals surface area contributed by atoms with Gasteiger partial charge in [-0.25, -0.2) is 9.48 Å². The molecule has 0 aromatic rings. The second kappa shape index (κ2) is 3.22. The molecule has 0 N–H and O–H groups in total. The third kappa shape index (κ3) is 1.16. The second-order valence-corrected chi connectivity index (χ2v) is 5.61. The summed E-state index contributed by atoms with van der Waals surface area (Å²) in [5.41, 5.74) is 0.552. The molecule has 0 saturated heterocycles. The number of hydrogen-bond acceptors (Lipinski definition) is 2. The molecule has 0 unspecified atom stereocenters. The Kier molecular flexibility index (Phi) is 2.30. The summed E-state index contributed by atoms with van der Waals surface area (Å²) in [7, 11) is 0. The van der Waals surface area contributed by atoms with Crippen LogP contribution in [-0.4, -0.2) is 32.0 Å². The van der Waals surface area contributed by atoms with Crippen LogP contribution in [0.2, 0.25) is 0 Å². The van der Waals surface area contributed by atoms with E-state index in [2.05, 4.69) is 0 Å². The van der Waals surface area contributed by atoms with Gasteiger partial charge in [0, 0.05) is 53.4 Å². The van der Waals surface area contributed by atoms with Crippen LogP contribution >= 0.6 is 0 Å². The standard InChI is InChI=1S/C12H20N2O2/c1-9-5-7-11(3,13(9)15)12(4)8-6-10(2)14(12)16/h5-8H2,1-4H3/t11-,12+. The van der Waals surface area contributed by atoms with Gasteiger partial charge in [0.15, 0.2) is 11.4 Å². The molecule has 0 amide bonds. The van der Waals surface area contributed by atoms with Crippen molar-refractivity contribution in [1.29, 1.82) is 0 Å². The third-order valence-corrected chi connectivity index (χ3v) is 4.70. The molecular formula is C12H20N2O2. The Labute approximate surface area is 96.4 Å². The highest BCUT2D eigenvalue weighted by molar-refractivity contribution is 5.80. The molecule has 0 fully saturated rings. The zero-order valence-corrected chi connectivity index (χ0v) is 10.5. The highest BCUT2D eigenvalue weighted by Crippen LogP contribution is 2.42. The fourth-order valence-electron chi connectivity index (χ4n) is 3.07. The second-order valence-electron chi connectivity index (χ2n) is 5.61. The largest absolute Gasteiger partial charge is 0.623 e. The lowest BCUT2D eigenvalue weighted by Gasteiger charge is -2.36. The van der Waals surface area contributed by atoms with Crippen LogP contribution in [0.1, 0.15) is 53.4 Å². The van der Waals surface area contributed by atoms with Crippen LogP contribution in [0.15, 0.2) is 0 Å². The first kappa shape index (κ1) is 11.4. The minimum absolute atomic E-state index is 0.573. The van der Waals surface area contributed by atoms with Gasteiger partial charge in [-0.15, -0.1) is 0 Å². The van der Waals surface area contributed by atoms with Crippen molar-refractivity contribution in [2.45, 2.75) is 64.5 Å². The maximum Gasteiger partial charge on any atom is 0.234 e. The van der Waals surface area contributed by atoms with Gasteiger partial charge in [-0.3, -0.25) is 0 Å². The van der Waals surface area contributed by atoms with Crippen LogP contribution in [0.3, 0.4) is 0 Å². The lowest BCUT2D eigenvalue weighted by atomic mass is 9.76. The van der Waals surface area contributed by atoms with Crippen molar-refractivity contribution in [2.75, 3.05) is 0 Å². The van der Waals surface area contributed by atoms with Gasteiger partial charge in [0.05, 0.1) is 0 Å². The van der Waals surface area contributed by atoms with Crippen molar-refractivity contribution in [1.82, 2.24) is 0 Å². The minimum atomic E-state index is -0.573. The summed E-state index contributed by atoms with van der Waals surface area (Å²) >= 11 is 0. The van der Waals surface area contributed by atoms with E-state index in [9.17, 15) is 10.4 Å². The van der Waals surface area contributed by atoms with Gasteiger partial charge in [-0.05, 0) is 0 Å². The molecular weight excluding hydrogens is 204 g/mol. The summed E-state index contributed by atoms with van der Waals surface area (Å²) in [4.78, 5) is 0. The van der Waals surface area contributed by atoms with Gasteiger partial charge >= 0.3 is 0 Å². The number of hydrogen-bond donors (Lipinski definition) is 0. The molecule has 0 spiro atoms. The van der Waals surface area contributed by atoms with Crippen LogP contribution in [0.25, 0.3) is 0 Å². The fraction of sp³-hybridized carbons (Fsp3) is 0.833. The van der Waals surface area contributed by atoms with Crippen LogP contribution in [0.5, 0.6) is 0 Å². The topological polar surface area (TPSA) is 52.1 Å². The molecule has 0 saturated carbocycles. The average Bonchev–Trinajstić information content (AvgIpc) is 2.67. The molecule has 0 aromatic heterocycles. The third-order valence-electron chi connectivity index (χ3n) is 4.70. The van der Waals surface area contributed by atoms with Crippen molar-refractivity contribution < 1.29 is 9.48 Å². The van der Waals surface area contributed by atoms with Crippen LogP contribution in [-0.2, 0) is 0 Å². The Morgan fingerprint density at radius 2 is 1.19 bits per heavy atom. The molecule has 2 atom stereocenters. The molecule has 4 nitrogen and oxygen atoms in total. The summed E-state index contributed by atoms with van der Waals surface area (Å²) < 4.78 is 2.16. The van der Waals surface area contributed by atoms with Crippen molar-refractivity contribution in [3.63, 3.8) is 0 Å². The van der Waals surface area contributed by atoms with E-state index in [1.807, 2.05) is 27.7 Å². The first-order valence-electron chi connectivity index (χ1n) is 5.92. The molecule has 0 bridgehead atoms. The lowest BCUT2D eigenvalue weighted by Crippen LogP contribution is -2.58. The molecule has 2 aliphatic rings. The zero-order chi connectivity index (χ0) is 12.1. The Morgan fingerprint density at radius 1 is 0.875 bits per heavy atom. The predicted octanol–water partition coefficient (Wildman–Crippen LogP) is 2.03. The Hall–Kier alpha value is -1.06. The smallest absolute Gasteiger partial charge is 0.234 e. The summed E-state index contributed by atoms with van der Waals surface area (Å²) in [5.74, 6) is 0. The Bertz CT molecular complexity index is 362. The molecule has 2 aliphatic heterocycles. The summed E-state index contributed by atoms with van der Waals surface area (Å²) in [6, 6.07) is 0. The normalized spacial score (nSPS) is 40.0. The van der Waals surface area contributed by atoms with E-state index in [4.69, 9.17) is 0 Å². The lowest BCUT2D eigenvalue weighted by molar-refractivity contribution is -0.653. The van der Waals surface area contributed by atoms with E-state index >= 15 is 0 Å². The van der Waals surface area contributed by atoms with Crippen molar-refractivity contribution >= 4 is 11.4 Å². The first-order chi connectivity index (χ1) is 7.33. The molecule has 2 rings (SSSR count). The molecule has 0 aromatic carbocycles. The van der Waals surface area contributed by atoms with Crippen LogP contribution in [0, 0.1) is 10.4 Å². The van der Waals surface area contributed by atoms with Gasteiger partial charge in [0.25, 0.3) is 0 Å². The highest BCUT2D eigenvalue weighted by Gasteiger charge is 2.63. The number of hydroxylamine groups is 2. The Balaban J connectivity index is 2.47. The predicted molar refractivity (Wildman–Crippen MR) is 63.9 cm³/mol. The molecule has 16 heavy (non-hydrogen) atoms. The summed E-state index contributed by atoms with van der Waals surface area (Å²) in [5, 5.41) is 24.4. The van der Waals surface area contributed by atoms with Crippen LogP contribution < -0.4 is 0 Å². The number of nitrogens with zero attached hydrogens (tertiary/aromatic N) is 2. The molecule has 2 heterocycles. The SMILES string of the molecule is CC1=[N+]([O-])[C@@](C)([C@]2(C)CCC(C)=[N+]2[O-])CC1. The van der Waals surface area contributed by atoms with Crippen LogP contribution in [0.4, 0.5) is 0 Å². The molecule has 0 aliphatic carbocycles. The van der Waals surface area contributed by atoms with E-state index in [0.29, 0.717) is 0 Å². The van der Waals surface area contributed by atoms with E-state index in [0.717, 1.165) is 46.6 Å². The van der Waals surface area contributed by atoms with Gasteiger partial charge < -0.3 is 10.4 Å². The number of rotatable bonds is 1. The monoisotopic (exact) mass is 224 g/mol. The first-order valence-corrected chi connectivity index (χ1v) is 5.92.